The summed E-state index contributed by atoms with van der Waals surface area (Å²) in [5.74, 6) is 0.0770. The van der Waals surface area contributed by atoms with Crippen LogP contribution in [0.4, 0.5) is 0 Å². The fraction of sp³-hybridized carbons (Fsp3) is 0.565. The second-order valence-electron chi connectivity index (χ2n) is 9.47. The van der Waals surface area contributed by atoms with Gasteiger partial charge in [-0.1, -0.05) is 0 Å². The molecule has 1 aliphatic carbocycles. The minimum atomic E-state index is -0.420. The van der Waals surface area contributed by atoms with Crippen molar-refractivity contribution in [3.63, 3.8) is 0 Å². The number of hydrogen-bond donors (Lipinski definition) is 2. The van der Waals surface area contributed by atoms with Crippen LogP contribution in [-0.2, 0) is 4.79 Å². The summed E-state index contributed by atoms with van der Waals surface area (Å²) in [5, 5.41) is 3.79. The largest absolute Gasteiger partial charge is 0.349 e. The Morgan fingerprint density at radius 1 is 1.26 bits per heavy atom. The van der Waals surface area contributed by atoms with E-state index in [4.69, 9.17) is 0 Å². The smallest absolute Gasteiger partial charge is 0.262 e. The predicted octanol–water partition coefficient (Wildman–Crippen LogP) is 1.38. The van der Waals surface area contributed by atoms with Crippen LogP contribution in [0.2, 0.25) is 0 Å². The average Bonchev–Trinajstić information content (AvgIpc) is 3.43. The first kappa shape index (κ1) is 20.2. The number of nitrogens with one attached hydrogen (secondary N) is 2. The monoisotopic (exact) mass is 423 g/mol. The van der Waals surface area contributed by atoms with Crippen molar-refractivity contribution >= 4 is 22.8 Å². The number of aromatic nitrogens is 2. The van der Waals surface area contributed by atoms with Crippen LogP contribution >= 0.6 is 0 Å². The molecule has 2 N–H and O–H groups in total. The number of piperidine rings is 2. The van der Waals surface area contributed by atoms with Crippen LogP contribution in [0.1, 0.15) is 42.5 Å². The van der Waals surface area contributed by atoms with Crippen LogP contribution in [-0.4, -0.2) is 70.9 Å². The Morgan fingerprint density at radius 3 is 2.84 bits per heavy atom. The molecule has 2 amide bonds. The molecule has 2 saturated heterocycles. The number of H-pyrrole nitrogens is 1. The third kappa shape index (κ3) is 3.84. The number of fused-ring (bicyclic) bond motifs is 1. The van der Waals surface area contributed by atoms with E-state index >= 15 is 0 Å². The molecule has 3 fully saturated rings. The highest BCUT2D eigenvalue weighted by Crippen LogP contribution is 2.54. The molecule has 2 unspecified atom stereocenters. The quantitative estimate of drug-likeness (QED) is 0.777. The summed E-state index contributed by atoms with van der Waals surface area (Å²) >= 11 is 0. The number of pyridine rings is 2. The molecule has 0 bridgehead atoms. The predicted molar refractivity (Wildman–Crippen MR) is 117 cm³/mol. The molecule has 4 heterocycles. The highest BCUT2D eigenvalue weighted by atomic mass is 16.2. The van der Waals surface area contributed by atoms with Crippen molar-refractivity contribution in [3.8, 4) is 0 Å². The van der Waals surface area contributed by atoms with Crippen LogP contribution < -0.4 is 10.9 Å². The Morgan fingerprint density at radius 2 is 2.06 bits per heavy atom. The van der Waals surface area contributed by atoms with Gasteiger partial charge < -0.3 is 20.1 Å². The Hall–Kier alpha value is -2.74. The highest BCUT2D eigenvalue weighted by Gasteiger charge is 2.56. The van der Waals surface area contributed by atoms with E-state index in [1.807, 2.05) is 11.0 Å². The molecule has 0 radical (unpaired) electrons. The SMILES string of the molecule is CN1CCCC(C(=O)N2CCC3(CC2)CC3NC(=O)c2cc3cccnc3[nH]c2=O)C1. The molecule has 164 valence electrons. The lowest BCUT2D eigenvalue weighted by atomic mass is 9.90. The summed E-state index contributed by atoms with van der Waals surface area (Å²) < 4.78 is 0. The average molecular weight is 424 g/mol. The second kappa shape index (κ2) is 7.75. The molecule has 1 saturated carbocycles. The number of carbonyl (C=O) groups is 2. The van der Waals surface area contributed by atoms with Crippen LogP contribution in [0.5, 0.6) is 0 Å². The van der Waals surface area contributed by atoms with Crippen molar-refractivity contribution in [2.45, 2.75) is 38.1 Å². The summed E-state index contributed by atoms with van der Waals surface area (Å²) in [6.45, 7) is 3.45. The molecule has 2 atom stereocenters. The van der Waals surface area contributed by atoms with E-state index in [9.17, 15) is 14.4 Å². The van der Waals surface area contributed by atoms with Crippen LogP contribution in [0.25, 0.3) is 11.0 Å². The lowest BCUT2D eigenvalue weighted by molar-refractivity contribution is -0.138. The lowest BCUT2D eigenvalue weighted by Crippen LogP contribution is -2.47. The molecule has 2 aliphatic heterocycles. The van der Waals surface area contributed by atoms with Gasteiger partial charge in [-0.25, -0.2) is 4.98 Å². The summed E-state index contributed by atoms with van der Waals surface area (Å²) in [5.41, 5.74) is 0.252. The Kier molecular flexibility index (Phi) is 5.04. The van der Waals surface area contributed by atoms with Gasteiger partial charge >= 0.3 is 0 Å². The molecule has 2 aromatic heterocycles. The molecule has 8 heteroatoms. The molecule has 5 rings (SSSR count). The minimum Gasteiger partial charge on any atom is -0.349 e. The van der Waals surface area contributed by atoms with E-state index in [1.54, 1.807) is 18.3 Å². The zero-order valence-corrected chi connectivity index (χ0v) is 17.9. The van der Waals surface area contributed by atoms with E-state index in [-0.39, 0.29) is 28.8 Å². The lowest BCUT2D eigenvalue weighted by Gasteiger charge is -2.37. The highest BCUT2D eigenvalue weighted by molar-refractivity contribution is 5.97. The fourth-order valence-corrected chi connectivity index (χ4v) is 5.34. The maximum absolute atomic E-state index is 12.9. The van der Waals surface area contributed by atoms with Crippen LogP contribution in [0, 0.1) is 11.3 Å². The minimum absolute atomic E-state index is 0.0704. The first-order valence-corrected chi connectivity index (χ1v) is 11.2. The van der Waals surface area contributed by atoms with E-state index in [1.165, 1.54) is 0 Å². The molecule has 3 aliphatic rings. The number of rotatable bonds is 3. The van der Waals surface area contributed by atoms with Gasteiger partial charge in [0.1, 0.15) is 11.2 Å². The maximum Gasteiger partial charge on any atom is 0.262 e. The Bertz CT molecular complexity index is 1070. The first-order chi connectivity index (χ1) is 14.9. The number of aromatic amines is 1. The van der Waals surface area contributed by atoms with Crippen molar-refractivity contribution in [2.75, 3.05) is 33.2 Å². The number of amides is 2. The third-order valence-corrected chi connectivity index (χ3v) is 7.40. The zero-order valence-electron chi connectivity index (χ0n) is 17.9. The van der Waals surface area contributed by atoms with Gasteiger partial charge in [-0.3, -0.25) is 14.4 Å². The van der Waals surface area contributed by atoms with E-state index in [0.29, 0.717) is 11.6 Å². The Labute approximate surface area is 181 Å². The second-order valence-corrected chi connectivity index (χ2v) is 9.47. The molecular weight excluding hydrogens is 394 g/mol. The van der Waals surface area contributed by atoms with Gasteiger partial charge in [-0.05, 0) is 69.3 Å². The van der Waals surface area contributed by atoms with Gasteiger partial charge in [0.05, 0.1) is 5.92 Å². The van der Waals surface area contributed by atoms with Crippen molar-refractivity contribution in [1.29, 1.82) is 0 Å². The van der Waals surface area contributed by atoms with Gasteiger partial charge in [-0.2, -0.15) is 0 Å². The van der Waals surface area contributed by atoms with Gasteiger partial charge in [0, 0.05) is 37.3 Å². The normalized spacial score (nSPS) is 25.5. The summed E-state index contributed by atoms with van der Waals surface area (Å²) in [4.78, 5) is 49.1. The zero-order chi connectivity index (χ0) is 21.6. The van der Waals surface area contributed by atoms with Crippen molar-refractivity contribution in [3.05, 3.63) is 40.3 Å². The van der Waals surface area contributed by atoms with Crippen molar-refractivity contribution in [1.82, 2.24) is 25.1 Å². The standard InChI is InChI=1S/C23H29N5O3/c1-27-9-3-5-16(14-27)22(31)28-10-6-23(7-11-28)13-18(23)25-20(29)17-12-15-4-2-8-24-19(15)26-21(17)30/h2,4,8,12,16,18H,3,5-7,9-11,13-14H2,1H3,(H,25,29)(H,24,26,30). The van der Waals surface area contributed by atoms with E-state index < -0.39 is 5.56 Å². The van der Waals surface area contributed by atoms with E-state index in [0.717, 1.165) is 63.7 Å². The van der Waals surface area contributed by atoms with E-state index in [2.05, 4.69) is 27.2 Å². The molecule has 31 heavy (non-hydrogen) atoms. The number of carbonyl (C=O) groups excluding carboxylic acids is 2. The van der Waals surface area contributed by atoms with Gasteiger partial charge in [-0.15, -0.1) is 0 Å². The first-order valence-electron chi connectivity index (χ1n) is 11.2. The van der Waals surface area contributed by atoms with Crippen molar-refractivity contribution in [2.24, 2.45) is 11.3 Å². The number of nitrogens with zero attached hydrogens (tertiary/aromatic N) is 3. The van der Waals surface area contributed by atoms with Gasteiger partial charge in [0.2, 0.25) is 5.91 Å². The third-order valence-electron chi connectivity index (χ3n) is 7.40. The number of likely N-dealkylation sites (tertiary alicyclic amines) is 2. The fourth-order valence-electron chi connectivity index (χ4n) is 5.34. The van der Waals surface area contributed by atoms with Crippen LogP contribution in [0.3, 0.4) is 0 Å². The van der Waals surface area contributed by atoms with Crippen molar-refractivity contribution < 1.29 is 9.59 Å². The van der Waals surface area contributed by atoms with Gasteiger partial charge in [0.25, 0.3) is 11.5 Å². The molecule has 0 aromatic carbocycles. The maximum atomic E-state index is 12.9. The summed E-state index contributed by atoms with van der Waals surface area (Å²) in [7, 11) is 2.08. The molecule has 1 spiro atoms. The molecule has 2 aromatic rings. The molecule has 8 nitrogen and oxygen atoms in total. The van der Waals surface area contributed by atoms with Crippen LogP contribution in [0.15, 0.2) is 29.2 Å². The Balaban J connectivity index is 1.19. The topological polar surface area (TPSA) is 98.4 Å². The summed E-state index contributed by atoms with van der Waals surface area (Å²) in [6, 6.07) is 5.28. The number of hydrogen-bond acceptors (Lipinski definition) is 5. The molecular formula is C23H29N5O3. The van der Waals surface area contributed by atoms with Gasteiger partial charge in [0.15, 0.2) is 0 Å². The summed E-state index contributed by atoms with van der Waals surface area (Å²) in [6.07, 6.45) is 6.41.